The Bertz CT molecular complexity index is 426. The number of aryl methyl sites for hydroxylation is 2. The molecule has 0 radical (unpaired) electrons. The highest BCUT2D eigenvalue weighted by Gasteiger charge is 2.27. The first-order valence-corrected chi connectivity index (χ1v) is 5.73. The zero-order valence-electron chi connectivity index (χ0n) is 9.84. The molecule has 1 aliphatic heterocycles. The number of hydrogen-bond donors (Lipinski definition) is 2. The van der Waals surface area contributed by atoms with E-state index in [-0.39, 0.29) is 11.8 Å². The fraction of sp³-hybridized carbons (Fsp3) is 0.462. The summed E-state index contributed by atoms with van der Waals surface area (Å²) in [4.78, 5) is 11.8. The van der Waals surface area contributed by atoms with E-state index in [0.717, 1.165) is 24.1 Å². The lowest BCUT2D eigenvalue weighted by molar-refractivity contribution is -0.120. The molecule has 0 aromatic heterocycles. The molecule has 0 bridgehead atoms. The van der Waals surface area contributed by atoms with Crippen LogP contribution in [0.25, 0.3) is 0 Å². The molecule has 1 amide bonds. The zero-order chi connectivity index (χ0) is 11.7. The van der Waals surface area contributed by atoms with Crippen molar-refractivity contribution in [2.75, 3.05) is 11.9 Å². The summed E-state index contributed by atoms with van der Waals surface area (Å²) in [6, 6.07) is 4.17. The highest BCUT2D eigenvalue weighted by Crippen LogP contribution is 2.32. The molecule has 16 heavy (non-hydrogen) atoms. The van der Waals surface area contributed by atoms with E-state index in [1.807, 2.05) is 6.92 Å². The maximum Gasteiger partial charge on any atom is 0.227 e. The van der Waals surface area contributed by atoms with Crippen LogP contribution in [0.4, 0.5) is 5.69 Å². The smallest absolute Gasteiger partial charge is 0.227 e. The fourth-order valence-electron chi connectivity index (χ4n) is 2.30. The van der Waals surface area contributed by atoms with Gasteiger partial charge in [-0.05, 0) is 49.9 Å². The Morgan fingerprint density at radius 2 is 2.06 bits per heavy atom. The molecular weight excluding hydrogens is 200 g/mol. The lowest BCUT2D eigenvalue weighted by Gasteiger charge is -2.27. The molecule has 86 valence electrons. The fourth-order valence-corrected chi connectivity index (χ4v) is 2.30. The highest BCUT2D eigenvalue weighted by molar-refractivity contribution is 5.96. The van der Waals surface area contributed by atoms with Gasteiger partial charge in [-0.15, -0.1) is 0 Å². The predicted molar refractivity (Wildman–Crippen MR) is 65.4 cm³/mol. The molecule has 3 N–H and O–H groups in total. The van der Waals surface area contributed by atoms with Crippen LogP contribution in [0.3, 0.4) is 0 Å². The van der Waals surface area contributed by atoms with Crippen LogP contribution in [0.5, 0.6) is 0 Å². The highest BCUT2D eigenvalue weighted by atomic mass is 16.1. The minimum Gasteiger partial charge on any atom is -0.330 e. The second kappa shape index (κ2) is 4.26. The van der Waals surface area contributed by atoms with Gasteiger partial charge in [-0.3, -0.25) is 4.79 Å². The van der Waals surface area contributed by atoms with Crippen LogP contribution < -0.4 is 11.1 Å². The predicted octanol–water partition coefficient (Wildman–Crippen LogP) is 1.76. The van der Waals surface area contributed by atoms with Crippen molar-refractivity contribution in [1.82, 2.24) is 0 Å². The van der Waals surface area contributed by atoms with Crippen molar-refractivity contribution < 1.29 is 4.79 Å². The molecular formula is C13H18N2O. The lowest BCUT2D eigenvalue weighted by Crippen LogP contribution is -2.32. The maximum atomic E-state index is 11.8. The van der Waals surface area contributed by atoms with E-state index in [1.54, 1.807) is 0 Å². The monoisotopic (exact) mass is 218 g/mol. The summed E-state index contributed by atoms with van der Waals surface area (Å²) >= 11 is 0. The molecule has 3 heteroatoms. The average Bonchev–Trinajstić information content (AvgIpc) is 2.26. The number of amides is 1. The van der Waals surface area contributed by atoms with Gasteiger partial charge >= 0.3 is 0 Å². The molecule has 1 atom stereocenters. The van der Waals surface area contributed by atoms with Crippen LogP contribution in [-0.4, -0.2) is 12.5 Å². The van der Waals surface area contributed by atoms with Gasteiger partial charge in [0.2, 0.25) is 5.91 Å². The van der Waals surface area contributed by atoms with Crippen LogP contribution in [-0.2, 0) is 11.2 Å². The first kappa shape index (κ1) is 11.1. The lowest BCUT2D eigenvalue weighted by atomic mass is 9.87. The van der Waals surface area contributed by atoms with Gasteiger partial charge in [0, 0.05) is 11.6 Å². The first-order chi connectivity index (χ1) is 7.63. The Balaban J connectivity index is 2.38. The second-order valence-corrected chi connectivity index (χ2v) is 4.52. The van der Waals surface area contributed by atoms with Gasteiger partial charge in [0.15, 0.2) is 0 Å². The van der Waals surface area contributed by atoms with Gasteiger partial charge in [0.1, 0.15) is 0 Å². The summed E-state index contributed by atoms with van der Waals surface area (Å²) in [5.74, 6) is 0.157. The van der Waals surface area contributed by atoms with Crippen molar-refractivity contribution in [3.63, 3.8) is 0 Å². The number of nitrogens with one attached hydrogen (secondary N) is 1. The van der Waals surface area contributed by atoms with Crippen molar-refractivity contribution in [3.8, 4) is 0 Å². The third-order valence-electron chi connectivity index (χ3n) is 3.34. The minimum absolute atomic E-state index is 0.0398. The number of rotatable bonds is 2. The largest absolute Gasteiger partial charge is 0.330 e. The summed E-state index contributed by atoms with van der Waals surface area (Å²) < 4.78 is 0. The third kappa shape index (κ3) is 1.83. The summed E-state index contributed by atoms with van der Waals surface area (Å²) in [7, 11) is 0. The van der Waals surface area contributed by atoms with E-state index in [2.05, 4.69) is 24.4 Å². The second-order valence-electron chi connectivity index (χ2n) is 4.52. The van der Waals surface area contributed by atoms with E-state index in [0.29, 0.717) is 6.54 Å². The Morgan fingerprint density at radius 1 is 1.38 bits per heavy atom. The van der Waals surface area contributed by atoms with Crippen LogP contribution in [0, 0.1) is 19.8 Å². The molecule has 0 saturated carbocycles. The average molecular weight is 218 g/mol. The van der Waals surface area contributed by atoms with E-state index >= 15 is 0 Å². The van der Waals surface area contributed by atoms with Gasteiger partial charge < -0.3 is 11.1 Å². The molecule has 1 aliphatic rings. The van der Waals surface area contributed by atoms with E-state index < -0.39 is 0 Å². The van der Waals surface area contributed by atoms with Gasteiger partial charge in [-0.2, -0.15) is 0 Å². The van der Waals surface area contributed by atoms with Crippen molar-refractivity contribution in [2.24, 2.45) is 11.7 Å². The molecule has 0 aliphatic carbocycles. The number of carbonyl (C=O) groups is 1. The molecule has 0 spiro atoms. The van der Waals surface area contributed by atoms with E-state index in [9.17, 15) is 4.79 Å². The quantitative estimate of drug-likeness (QED) is 0.794. The van der Waals surface area contributed by atoms with Crippen molar-refractivity contribution in [1.29, 1.82) is 0 Å². The van der Waals surface area contributed by atoms with Crippen LogP contribution in [0.15, 0.2) is 12.1 Å². The maximum absolute atomic E-state index is 11.8. The number of benzene rings is 1. The molecule has 1 heterocycles. The number of hydrogen-bond acceptors (Lipinski definition) is 2. The summed E-state index contributed by atoms with van der Waals surface area (Å²) in [6.07, 6.45) is 1.59. The Kier molecular flexibility index (Phi) is 2.97. The zero-order valence-corrected chi connectivity index (χ0v) is 9.84. The Labute approximate surface area is 96.0 Å². The van der Waals surface area contributed by atoms with Gasteiger partial charge in [0.25, 0.3) is 0 Å². The van der Waals surface area contributed by atoms with Crippen LogP contribution in [0.2, 0.25) is 0 Å². The molecule has 2 rings (SSSR count). The SMILES string of the molecule is Cc1ccc(C)c2c1CC(CCN)C(=O)N2. The molecule has 1 aromatic carbocycles. The molecule has 3 nitrogen and oxygen atoms in total. The molecule has 0 saturated heterocycles. The normalized spacial score (nSPS) is 19.2. The van der Waals surface area contributed by atoms with Gasteiger partial charge in [0.05, 0.1) is 0 Å². The standard InChI is InChI=1S/C13H18N2O/c1-8-3-4-9(2)12-11(8)7-10(5-6-14)13(16)15-12/h3-4,10H,5-7,14H2,1-2H3,(H,15,16). The minimum atomic E-state index is 0.0398. The van der Waals surface area contributed by atoms with Crippen molar-refractivity contribution >= 4 is 11.6 Å². The number of carbonyl (C=O) groups excluding carboxylic acids is 1. The van der Waals surface area contributed by atoms with Crippen molar-refractivity contribution in [3.05, 3.63) is 28.8 Å². The third-order valence-corrected chi connectivity index (χ3v) is 3.34. The number of anilines is 1. The molecule has 1 aromatic rings. The molecule has 1 unspecified atom stereocenters. The van der Waals surface area contributed by atoms with E-state index in [4.69, 9.17) is 5.73 Å². The van der Waals surface area contributed by atoms with Gasteiger partial charge in [-0.25, -0.2) is 0 Å². The Hall–Kier alpha value is -1.35. The summed E-state index contributed by atoms with van der Waals surface area (Å²) in [5.41, 5.74) is 10.2. The van der Waals surface area contributed by atoms with E-state index in [1.165, 1.54) is 11.1 Å². The summed E-state index contributed by atoms with van der Waals surface area (Å²) in [5, 5.41) is 3.01. The Morgan fingerprint density at radius 3 is 2.75 bits per heavy atom. The van der Waals surface area contributed by atoms with Crippen molar-refractivity contribution in [2.45, 2.75) is 26.7 Å². The van der Waals surface area contributed by atoms with Crippen LogP contribution >= 0.6 is 0 Å². The summed E-state index contributed by atoms with van der Waals surface area (Å²) in [6.45, 7) is 4.69. The topological polar surface area (TPSA) is 55.1 Å². The number of fused-ring (bicyclic) bond motifs is 1. The molecule has 0 fully saturated rings. The van der Waals surface area contributed by atoms with Crippen LogP contribution in [0.1, 0.15) is 23.1 Å². The van der Waals surface area contributed by atoms with Gasteiger partial charge in [-0.1, -0.05) is 12.1 Å². The number of nitrogens with two attached hydrogens (primary N) is 1. The first-order valence-electron chi connectivity index (χ1n) is 5.73.